The van der Waals surface area contributed by atoms with Gasteiger partial charge in [-0.3, -0.25) is 4.79 Å². The molecule has 4 rings (SSSR count). The molecule has 35 heavy (non-hydrogen) atoms. The molecule has 0 bridgehead atoms. The van der Waals surface area contributed by atoms with Crippen LogP contribution in [0, 0.1) is 17.1 Å². The van der Waals surface area contributed by atoms with Crippen molar-refractivity contribution in [1.29, 1.82) is 5.26 Å². The van der Waals surface area contributed by atoms with Gasteiger partial charge in [0.15, 0.2) is 0 Å². The molecule has 4 aromatic rings. The molecule has 174 valence electrons. The van der Waals surface area contributed by atoms with E-state index < -0.39 is 0 Å². The molecule has 0 saturated heterocycles. The van der Waals surface area contributed by atoms with Gasteiger partial charge in [0, 0.05) is 24.8 Å². The number of nitrogens with two attached hydrogens (primary N) is 1. The highest BCUT2D eigenvalue weighted by atomic mass is 19.1. The van der Waals surface area contributed by atoms with Crippen molar-refractivity contribution < 1.29 is 9.18 Å². The molecule has 4 N–H and O–H groups in total. The first-order valence-corrected chi connectivity index (χ1v) is 11.0. The third-order valence-corrected chi connectivity index (χ3v) is 5.36. The van der Waals surface area contributed by atoms with Crippen LogP contribution in [0.4, 0.5) is 16.0 Å². The van der Waals surface area contributed by atoms with Crippen LogP contribution in [0.2, 0.25) is 0 Å². The summed E-state index contributed by atoms with van der Waals surface area (Å²) in [5.41, 5.74) is 9.32. The third-order valence-electron chi connectivity index (χ3n) is 5.36. The van der Waals surface area contributed by atoms with Gasteiger partial charge in [0.1, 0.15) is 17.5 Å². The molecule has 0 saturated carbocycles. The van der Waals surface area contributed by atoms with E-state index in [2.05, 4.69) is 26.7 Å². The molecule has 0 aliphatic heterocycles. The maximum Gasteiger partial charge on any atom is 0.255 e. The Hall–Kier alpha value is -4.77. The quantitative estimate of drug-likeness (QED) is 0.356. The van der Waals surface area contributed by atoms with Crippen LogP contribution in [0.5, 0.6) is 0 Å². The second-order valence-corrected chi connectivity index (χ2v) is 7.83. The van der Waals surface area contributed by atoms with E-state index in [1.807, 2.05) is 18.2 Å². The Morgan fingerprint density at radius 3 is 2.66 bits per heavy atom. The SMILES string of the molecule is N#Cc1ccccc1-c1ccc(C(=O)NCc2ccc(N)nc2)c(NCCc2cccc(F)c2)n1. The number of nitrogens with zero attached hydrogens (tertiary/aromatic N) is 3. The topological polar surface area (TPSA) is 117 Å². The van der Waals surface area contributed by atoms with E-state index in [0.717, 1.165) is 11.1 Å². The van der Waals surface area contributed by atoms with E-state index in [4.69, 9.17) is 5.73 Å². The van der Waals surface area contributed by atoms with Crippen molar-refractivity contribution in [2.75, 3.05) is 17.6 Å². The minimum atomic E-state index is -0.317. The lowest BCUT2D eigenvalue weighted by atomic mass is 10.0. The fourth-order valence-electron chi connectivity index (χ4n) is 3.57. The van der Waals surface area contributed by atoms with Gasteiger partial charge < -0.3 is 16.4 Å². The summed E-state index contributed by atoms with van der Waals surface area (Å²) in [5.74, 6) is 0.164. The van der Waals surface area contributed by atoms with E-state index in [1.54, 1.807) is 48.7 Å². The summed E-state index contributed by atoms with van der Waals surface area (Å²) < 4.78 is 13.5. The minimum absolute atomic E-state index is 0.272. The van der Waals surface area contributed by atoms with Crippen molar-refractivity contribution >= 4 is 17.5 Å². The van der Waals surface area contributed by atoms with Crippen LogP contribution in [-0.2, 0) is 13.0 Å². The van der Waals surface area contributed by atoms with Gasteiger partial charge in [-0.2, -0.15) is 5.26 Å². The Labute approximate surface area is 202 Å². The van der Waals surface area contributed by atoms with Crippen LogP contribution >= 0.6 is 0 Å². The molecule has 0 fully saturated rings. The summed E-state index contributed by atoms with van der Waals surface area (Å²) in [4.78, 5) is 21.7. The van der Waals surface area contributed by atoms with Crippen molar-refractivity contribution in [3.05, 3.63) is 107 Å². The van der Waals surface area contributed by atoms with Gasteiger partial charge in [-0.1, -0.05) is 36.4 Å². The third kappa shape index (κ3) is 5.97. The zero-order valence-corrected chi connectivity index (χ0v) is 18.8. The summed E-state index contributed by atoms with van der Waals surface area (Å²) in [7, 11) is 0. The number of rotatable bonds is 8. The summed E-state index contributed by atoms with van der Waals surface area (Å²) >= 11 is 0. The number of nitrogens with one attached hydrogen (secondary N) is 2. The molecular formula is C27H23FN6O. The van der Waals surface area contributed by atoms with Crippen LogP contribution in [0.15, 0.2) is 79.0 Å². The van der Waals surface area contributed by atoms with Gasteiger partial charge in [-0.05, 0) is 53.9 Å². The van der Waals surface area contributed by atoms with Gasteiger partial charge in [0.05, 0.1) is 22.9 Å². The normalized spacial score (nSPS) is 10.4. The highest BCUT2D eigenvalue weighted by Gasteiger charge is 2.16. The van der Waals surface area contributed by atoms with Crippen LogP contribution in [0.25, 0.3) is 11.3 Å². The molecule has 0 aliphatic carbocycles. The highest BCUT2D eigenvalue weighted by molar-refractivity contribution is 5.99. The van der Waals surface area contributed by atoms with Crippen LogP contribution < -0.4 is 16.4 Å². The number of carbonyl (C=O) groups is 1. The lowest BCUT2D eigenvalue weighted by Gasteiger charge is -2.14. The Kier molecular flexibility index (Phi) is 7.28. The van der Waals surface area contributed by atoms with Crippen LogP contribution in [0.1, 0.15) is 27.0 Å². The monoisotopic (exact) mass is 466 g/mol. The number of hydrogen-bond donors (Lipinski definition) is 3. The lowest BCUT2D eigenvalue weighted by Crippen LogP contribution is -2.25. The molecule has 0 unspecified atom stereocenters. The van der Waals surface area contributed by atoms with E-state index >= 15 is 0 Å². The minimum Gasteiger partial charge on any atom is -0.384 e. The molecule has 8 heteroatoms. The fourth-order valence-corrected chi connectivity index (χ4v) is 3.57. The molecule has 1 amide bonds. The van der Waals surface area contributed by atoms with Gasteiger partial charge in [0.25, 0.3) is 5.91 Å². The number of nitrogen functional groups attached to an aromatic ring is 1. The fraction of sp³-hybridized carbons (Fsp3) is 0.111. The predicted octanol–water partition coefficient (Wildman–Crippen LogP) is 4.32. The molecule has 2 aromatic carbocycles. The molecule has 0 atom stereocenters. The Morgan fingerprint density at radius 2 is 1.89 bits per heavy atom. The Bertz CT molecular complexity index is 1380. The lowest BCUT2D eigenvalue weighted by molar-refractivity contribution is 0.0951. The molecule has 7 nitrogen and oxygen atoms in total. The summed E-state index contributed by atoms with van der Waals surface area (Å²) in [6.07, 6.45) is 2.14. The number of anilines is 2. The van der Waals surface area contributed by atoms with E-state index in [0.29, 0.717) is 47.0 Å². The smallest absolute Gasteiger partial charge is 0.255 e. The van der Waals surface area contributed by atoms with Crippen LogP contribution in [-0.4, -0.2) is 22.4 Å². The second kappa shape index (κ2) is 10.9. The standard InChI is InChI=1S/C27H23FN6O/c28-21-6-3-4-18(14-21)12-13-31-26-23(27(35)33-17-19-8-11-25(30)32-16-19)9-10-24(34-26)22-7-2-1-5-20(22)15-29/h1-11,14,16H,12-13,17H2,(H2,30,32)(H,31,34)(H,33,35). The van der Waals surface area contributed by atoms with Crippen molar-refractivity contribution in [2.45, 2.75) is 13.0 Å². The molecular weight excluding hydrogens is 443 g/mol. The van der Waals surface area contributed by atoms with Crippen molar-refractivity contribution in [3.8, 4) is 17.3 Å². The molecule has 0 radical (unpaired) electrons. The first-order chi connectivity index (χ1) is 17.0. The zero-order chi connectivity index (χ0) is 24.6. The van der Waals surface area contributed by atoms with Crippen molar-refractivity contribution in [3.63, 3.8) is 0 Å². The summed E-state index contributed by atoms with van der Waals surface area (Å²) in [5, 5.41) is 15.6. The largest absolute Gasteiger partial charge is 0.384 e. The van der Waals surface area contributed by atoms with Crippen molar-refractivity contribution in [1.82, 2.24) is 15.3 Å². The first-order valence-electron chi connectivity index (χ1n) is 11.0. The highest BCUT2D eigenvalue weighted by Crippen LogP contribution is 2.25. The maximum absolute atomic E-state index is 13.5. The number of halogens is 1. The summed E-state index contributed by atoms with van der Waals surface area (Å²) in [6.45, 7) is 0.704. The number of amides is 1. The number of carbonyl (C=O) groups excluding carboxylic acids is 1. The predicted molar refractivity (Wildman–Crippen MR) is 133 cm³/mol. The molecule has 0 spiro atoms. The van der Waals surface area contributed by atoms with Crippen molar-refractivity contribution in [2.24, 2.45) is 0 Å². The maximum atomic E-state index is 13.5. The van der Waals surface area contributed by atoms with Gasteiger partial charge in [0.2, 0.25) is 0 Å². The molecule has 2 heterocycles. The molecule has 2 aromatic heterocycles. The number of aromatic nitrogens is 2. The number of pyridine rings is 2. The number of nitriles is 1. The van der Waals surface area contributed by atoms with Crippen LogP contribution in [0.3, 0.4) is 0 Å². The first kappa shape index (κ1) is 23.4. The van der Waals surface area contributed by atoms with Gasteiger partial charge in [-0.15, -0.1) is 0 Å². The van der Waals surface area contributed by atoms with E-state index in [-0.39, 0.29) is 18.3 Å². The number of benzene rings is 2. The summed E-state index contributed by atoms with van der Waals surface area (Å²) in [6, 6.07) is 22.5. The average Bonchev–Trinajstić information content (AvgIpc) is 2.88. The zero-order valence-electron chi connectivity index (χ0n) is 18.8. The van der Waals surface area contributed by atoms with E-state index in [1.165, 1.54) is 12.1 Å². The Balaban J connectivity index is 1.57. The second-order valence-electron chi connectivity index (χ2n) is 7.83. The Morgan fingerprint density at radius 1 is 1.03 bits per heavy atom. The average molecular weight is 467 g/mol. The molecule has 0 aliphatic rings. The number of hydrogen-bond acceptors (Lipinski definition) is 6. The van der Waals surface area contributed by atoms with Gasteiger partial charge in [-0.25, -0.2) is 14.4 Å². The van der Waals surface area contributed by atoms with E-state index in [9.17, 15) is 14.4 Å². The van der Waals surface area contributed by atoms with Gasteiger partial charge >= 0.3 is 0 Å².